The third-order valence-electron chi connectivity index (χ3n) is 1.86. The Morgan fingerprint density at radius 1 is 1.47 bits per heavy atom. The number of phenols is 1. The maximum Gasteiger partial charge on any atom is 0.337 e. The van der Waals surface area contributed by atoms with Gasteiger partial charge in [-0.25, -0.2) is 4.79 Å². The normalized spacial score (nSPS) is 10.1. The lowest BCUT2D eigenvalue weighted by atomic mass is 10.1. The van der Waals surface area contributed by atoms with Crippen LogP contribution in [0.1, 0.15) is 24.2 Å². The van der Waals surface area contributed by atoms with Crippen LogP contribution in [0.3, 0.4) is 0 Å². The van der Waals surface area contributed by atoms with E-state index in [1.165, 1.54) is 19.2 Å². The summed E-state index contributed by atoms with van der Waals surface area (Å²) in [6.07, 6.45) is 0. The summed E-state index contributed by atoms with van der Waals surface area (Å²) in [5, 5.41) is 12.6. The van der Waals surface area contributed by atoms with Crippen LogP contribution < -0.4 is 5.32 Å². The Bertz CT molecular complexity index is 361. The van der Waals surface area contributed by atoms with E-state index in [0.717, 1.165) is 0 Å². The summed E-state index contributed by atoms with van der Waals surface area (Å²) >= 11 is 0. The zero-order valence-corrected chi connectivity index (χ0v) is 9.07. The first-order valence-corrected chi connectivity index (χ1v) is 4.72. The minimum Gasteiger partial charge on any atom is -0.506 e. The zero-order valence-electron chi connectivity index (χ0n) is 9.07. The second kappa shape index (κ2) is 4.68. The maximum atomic E-state index is 11.2. The minimum absolute atomic E-state index is 0.122. The Morgan fingerprint density at radius 2 is 2.13 bits per heavy atom. The van der Waals surface area contributed by atoms with E-state index >= 15 is 0 Å². The number of rotatable bonds is 3. The number of methoxy groups -OCH3 is 1. The molecule has 15 heavy (non-hydrogen) atoms. The minimum atomic E-state index is -0.415. The van der Waals surface area contributed by atoms with E-state index in [4.69, 9.17) is 0 Å². The third kappa shape index (κ3) is 2.87. The molecule has 2 N–H and O–H groups in total. The molecule has 1 rings (SSSR count). The van der Waals surface area contributed by atoms with Gasteiger partial charge in [-0.05, 0) is 32.0 Å². The number of phenolic OH excluding ortho intramolecular Hbond substituents is 1. The summed E-state index contributed by atoms with van der Waals surface area (Å²) in [4.78, 5) is 11.2. The summed E-state index contributed by atoms with van der Waals surface area (Å²) in [6.45, 7) is 3.90. The number of anilines is 1. The molecule has 1 aromatic rings. The molecule has 0 amide bonds. The van der Waals surface area contributed by atoms with Crippen molar-refractivity contribution in [1.82, 2.24) is 0 Å². The molecule has 4 nitrogen and oxygen atoms in total. The van der Waals surface area contributed by atoms with Gasteiger partial charge in [0.15, 0.2) is 0 Å². The van der Waals surface area contributed by atoms with Crippen LogP contribution in [-0.4, -0.2) is 24.2 Å². The van der Waals surface area contributed by atoms with Crippen molar-refractivity contribution in [3.05, 3.63) is 23.8 Å². The average Bonchev–Trinajstić information content (AvgIpc) is 2.19. The van der Waals surface area contributed by atoms with Crippen molar-refractivity contribution in [2.45, 2.75) is 19.9 Å². The number of hydrogen-bond acceptors (Lipinski definition) is 4. The number of hydrogen-bond donors (Lipinski definition) is 2. The van der Waals surface area contributed by atoms with Crippen molar-refractivity contribution in [3.8, 4) is 5.75 Å². The highest BCUT2D eigenvalue weighted by Gasteiger charge is 2.09. The first-order chi connectivity index (χ1) is 7.04. The number of benzene rings is 1. The molecule has 0 saturated heterocycles. The topological polar surface area (TPSA) is 58.6 Å². The molecule has 0 unspecified atom stereocenters. The van der Waals surface area contributed by atoms with E-state index in [0.29, 0.717) is 11.3 Å². The predicted octanol–water partition coefficient (Wildman–Crippen LogP) is 2.00. The fourth-order valence-corrected chi connectivity index (χ4v) is 1.21. The van der Waals surface area contributed by atoms with Gasteiger partial charge in [-0.2, -0.15) is 0 Å². The van der Waals surface area contributed by atoms with Crippen LogP contribution in [0.15, 0.2) is 18.2 Å². The predicted molar refractivity (Wildman–Crippen MR) is 58.2 cm³/mol. The monoisotopic (exact) mass is 209 g/mol. The van der Waals surface area contributed by atoms with E-state index in [1.807, 2.05) is 13.8 Å². The Kier molecular flexibility index (Phi) is 3.55. The number of carbonyl (C=O) groups is 1. The van der Waals surface area contributed by atoms with E-state index < -0.39 is 5.97 Å². The number of esters is 1. The van der Waals surface area contributed by atoms with Gasteiger partial charge in [0, 0.05) is 6.04 Å². The second-order valence-corrected chi connectivity index (χ2v) is 3.52. The van der Waals surface area contributed by atoms with E-state index in [-0.39, 0.29) is 11.8 Å². The summed E-state index contributed by atoms with van der Waals surface area (Å²) in [5.74, 6) is -0.293. The molecule has 82 valence electrons. The molecule has 0 aromatic heterocycles. The van der Waals surface area contributed by atoms with Crippen molar-refractivity contribution < 1.29 is 14.6 Å². The van der Waals surface area contributed by atoms with Crippen LogP contribution in [0.5, 0.6) is 5.75 Å². The fraction of sp³-hybridized carbons (Fsp3) is 0.364. The average molecular weight is 209 g/mol. The zero-order chi connectivity index (χ0) is 11.4. The van der Waals surface area contributed by atoms with Gasteiger partial charge < -0.3 is 15.2 Å². The SMILES string of the molecule is COC(=O)c1ccc(O)c(NC(C)C)c1. The van der Waals surface area contributed by atoms with E-state index in [2.05, 4.69) is 10.1 Å². The third-order valence-corrected chi connectivity index (χ3v) is 1.86. The number of nitrogens with one attached hydrogen (secondary N) is 1. The van der Waals surface area contributed by atoms with Crippen LogP contribution >= 0.6 is 0 Å². The summed E-state index contributed by atoms with van der Waals surface area (Å²) in [7, 11) is 1.32. The highest BCUT2D eigenvalue weighted by atomic mass is 16.5. The molecule has 4 heteroatoms. The van der Waals surface area contributed by atoms with Gasteiger partial charge in [-0.15, -0.1) is 0 Å². The van der Waals surface area contributed by atoms with Gasteiger partial charge in [-0.3, -0.25) is 0 Å². The summed E-state index contributed by atoms with van der Waals surface area (Å²) in [5.41, 5.74) is 0.950. The van der Waals surface area contributed by atoms with Crippen molar-refractivity contribution in [1.29, 1.82) is 0 Å². The maximum absolute atomic E-state index is 11.2. The van der Waals surface area contributed by atoms with Crippen molar-refractivity contribution in [2.24, 2.45) is 0 Å². The van der Waals surface area contributed by atoms with Gasteiger partial charge >= 0.3 is 5.97 Å². The van der Waals surface area contributed by atoms with Gasteiger partial charge in [0.2, 0.25) is 0 Å². The van der Waals surface area contributed by atoms with Crippen molar-refractivity contribution in [2.75, 3.05) is 12.4 Å². The fourth-order valence-electron chi connectivity index (χ4n) is 1.21. The number of carbonyl (C=O) groups excluding carboxylic acids is 1. The molecule has 0 heterocycles. The molecule has 0 radical (unpaired) electrons. The van der Waals surface area contributed by atoms with Crippen LogP contribution in [0, 0.1) is 0 Å². The van der Waals surface area contributed by atoms with Crippen LogP contribution in [0.25, 0.3) is 0 Å². The Balaban J connectivity index is 2.99. The van der Waals surface area contributed by atoms with Crippen LogP contribution in [-0.2, 0) is 4.74 Å². The Hall–Kier alpha value is -1.71. The molecular weight excluding hydrogens is 194 g/mol. The molecule has 1 aromatic carbocycles. The molecule has 0 aliphatic carbocycles. The highest BCUT2D eigenvalue weighted by Crippen LogP contribution is 2.25. The molecule has 0 bridgehead atoms. The lowest BCUT2D eigenvalue weighted by Crippen LogP contribution is -2.11. The lowest BCUT2D eigenvalue weighted by molar-refractivity contribution is 0.0601. The summed E-state index contributed by atoms with van der Waals surface area (Å²) in [6, 6.07) is 4.74. The Labute approximate surface area is 88.9 Å². The van der Waals surface area contributed by atoms with Crippen LogP contribution in [0.2, 0.25) is 0 Å². The molecule has 0 atom stereocenters. The molecule has 0 aliphatic heterocycles. The molecule has 0 fully saturated rings. The smallest absolute Gasteiger partial charge is 0.337 e. The second-order valence-electron chi connectivity index (χ2n) is 3.52. The number of aromatic hydroxyl groups is 1. The molecule has 0 saturated carbocycles. The van der Waals surface area contributed by atoms with E-state index in [9.17, 15) is 9.90 Å². The number of ether oxygens (including phenoxy) is 1. The highest BCUT2D eigenvalue weighted by molar-refractivity contribution is 5.91. The van der Waals surface area contributed by atoms with Gasteiger partial charge in [0.1, 0.15) is 5.75 Å². The quantitative estimate of drug-likeness (QED) is 0.590. The van der Waals surface area contributed by atoms with Crippen LogP contribution in [0.4, 0.5) is 5.69 Å². The van der Waals surface area contributed by atoms with Gasteiger partial charge in [-0.1, -0.05) is 0 Å². The van der Waals surface area contributed by atoms with Crippen molar-refractivity contribution in [3.63, 3.8) is 0 Å². The van der Waals surface area contributed by atoms with E-state index in [1.54, 1.807) is 6.07 Å². The van der Waals surface area contributed by atoms with Gasteiger partial charge in [0.25, 0.3) is 0 Å². The largest absolute Gasteiger partial charge is 0.506 e. The van der Waals surface area contributed by atoms with Gasteiger partial charge in [0.05, 0.1) is 18.4 Å². The molecular formula is C11H15NO3. The first-order valence-electron chi connectivity index (χ1n) is 4.72. The molecule has 0 spiro atoms. The lowest BCUT2D eigenvalue weighted by Gasteiger charge is -2.12. The standard InChI is InChI=1S/C11H15NO3/c1-7(2)12-9-6-8(11(14)15-3)4-5-10(9)13/h4-7,12-13H,1-3H3. The molecule has 0 aliphatic rings. The first kappa shape index (κ1) is 11.4. The van der Waals surface area contributed by atoms with Crippen molar-refractivity contribution >= 4 is 11.7 Å². The summed E-state index contributed by atoms with van der Waals surface area (Å²) < 4.78 is 4.59. The Morgan fingerprint density at radius 3 is 2.67 bits per heavy atom.